The van der Waals surface area contributed by atoms with Gasteiger partial charge in [-0.1, -0.05) is 36.4 Å². The first kappa shape index (κ1) is 12.5. The Labute approximate surface area is 95.6 Å². The molecule has 0 unspecified atom stereocenters. The summed E-state index contributed by atoms with van der Waals surface area (Å²) in [5, 5.41) is 0. The average Bonchev–Trinajstić information content (AvgIpc) is 2.28. The van der Waals surface area contributed by atoms with Crippen LogP contribution in [0.4, 0.5) is 0 Å². The molecule has 0 N–H and O–H groups in total. The van der Waals surface area contributed by atoms with Crippen molar-refractivity contribution < 1.29 is 14.6 Å². The van der Waals surface area contributed by atoms with Gasteiger partial charge < -0.3 is 0 Å². The highest BCUT2D eigenvalue weighted by molar-refractivity contribution is 5.71. The highest BCUT2D eigenvalue weighted by Crippen LogP contribution is 2.11. The molecule has 0 saturated heterocycles. The number of carbonyl (C=O) groups is 1. The normalized spacial score (nSPS) is 10.9. The second-order valence-corrected chi connectivity index (χ2v) is 4.01. The Balaban J connectivity index is 2.40. The highest BCUT2D eigenvalue weighted by Gasteiger charge is 2.17. The summed E-state index contributed by atoms with van der Waals surface area (Å²) >= 11 is 0. The molecule has 0 aromatic heterocycles. The molecular weight excluding hydrogens is 204 g/mol. The van der Waals surface area contributed by atoms with E-state index in [9.17, 15) is 4.79 Å². The fourth-order valence-electron chi connectivity index (χ4n) is 0.980. The van der Waals surface area contributed by atoms with Gasteiger partial charge in [-0.25, -0.2) is 4.79 Å². The lowest BCUT2D eigenvalue weighted by atomic mass is 10.1. The van der Waals surface area contributed by atoms with Crippen LogP contribution in [0.5, 0.6) is 0 Å². The van der Waals surface area contributed by atoms with Crippen molar-refractivity contribution in [1.29, 1.82) is 0 Å². The quantitative estimate of drug-likeness (QED) is 0.435. The van der Waals surface area contributed by atoms with Crippen LogP contribution in [0.2, 0.25) is 0 Å². The van der Waals surface area contributed by atoms with Crippen molar-refractivity contribution in [2.75, 3.05) is 0 Å². The first-order chi connectivity index (χ1) is 7.53. The zero-order valence-corrected chi connectivity index (χ0v) is 9.60. The van der Waals surface area contributed by atoms with Crippen LogP contribution in [0, 0.1) is 0 Å². The van der Waals surface area contributed by atoms with E-state index in [1.54, 1.807) is 19.9 Å². The summed E-state index contributed by atoms with van der Waals surface area (Å²) in [6, 6.07) is 9.36. The van der Waals surface area contributed by atoms with E-state index in [1.165, 1.54) is 0 Å². The molecule has 3 heteroatoms. The number of hydrogen-bond donors (Lipinski definition) is 0. The zero-order valence-electron chi connectivity index (χ0n) is 9.60. The van der Waals surface area contributed by atoms with Gasteiger partial charge in [0, 0.05) is 0 Å². The molecule has 0 aliphatic carbocycles. The highest BCUT2D eigenvalue weighted by atomic mass is 17.2. The average molecular weight is 220 g/mol. The number of hydrogen-bond acceptors (Lipinski definition) is 3. The summed E-state index contributed by atoms with van der Waals surface area (Å²) in [7, 11) is 0. The summed E-state index contributed by atoms with van der Waals surface area (Å²) in [5.74, 6) is -0.416. The van der Waals surface area contributed by atoms with Crippen molar-refractivity contribution in [3.63, 3.8) is 0 Å². The molecule has 0 atom stereocenters. The Morgan fingerprint density at radius 3 is 2.56 bits per heavy atom. The molecule has 0 aliphatic heterocycles. The van der Waals surface area contributed by atoms with Gasteiger partial charge in [0.15, 0.2) is 0 Å². The van der Waals surface area contributed by atoms with Gasteiger partial charge in [-0.05, 0) is 19.4 Å². The van der Waals surface area contributed by atoms with Crippen LogP contribution in [0.3, 0.4) is 0 Å². The van der Waals surface area contributed by atoms with Crippen molar-refractivity contribution in [1.82, 2.24) is 0 Å². The molecule has 0 radical (unpaired) electrons. The Hall–Kier alpha value is -1.61. The van der Waals surface area contributed by atoms with Gasteiger partial charge in [0.2, 0.25) is 0 Å². The monoisotopic (exact) mass is 220 g/mol. The molecule has 0 bridgehead atoms. The van der Waals surface area contributed by atoms with Crippen LogP contribution in [0.15, 0.2) is 43.0 Å². The van der Waals surface area contributed by atoms with E-state index in [4.69, 9.17) is 9.78 Å². The van der Waals surface area contributed by atoms with Gasteiger partial charge in [-0.15, -0.1) is 6.58 Å². The maximum Gasteiger partial charge on any atom is 0.346 e. The zero-order chi connectivity index (χ0) is 12.0. The molecule has 0 saturated carbocycles. The van der Waals surface area contributed by atoms with Crippen molar-refractivity contribution in [2.45, 2.75) is 25.9 Å². The minimum atomic E-state index is -0.660. The van der Waals surface area contributed by atoms with Crippen LogP contribution < -0.4 is 0 Å². The topological polar surface area (TPSA) is 35.5 Å². The third kappa shape index (κ3) is 4.28. The van der Waals surface area contributed by atoms with Crippen molar-refractivity contribution in [3.8, 4) is 0 Å². The number of benzene rings is 1. The molecular formula is C13H16O3. The molecule has 1 aromatic carbocycles. The van der Waals surface area contributed by atoms with Crippen molar-refractivity contribution in [3.05, 3.63) is 48.6 Å². The molecule has 3 nitrogen and oxygen atoms in total. The second-order valence-electron chi connectivity index (χ2n) is 4.01. The Kier molecular flexibility index (Phi) is 4.26. The van der Waals surface area contributed by atoms with E-state index < -0.39 is 11.6 Å². The molecule has 0 aliphatic rings. The third-order valence-electron chi connectivity index (χ3n) is 2.03. The summed E-state index contributed by atoms with van der Waals surface area (Å²) < 4.78 is 0. The fourth-order valence-corrected chi connectivity index (χ4v) is 0.980. The second kappa shape index (κ2) is 5.47. The summed E-state index contributed by atoms with van der Waals surface area (Å²) in [6.45, 7) is 7.10. The van der Waals surface area contributed by atoms with Gasteiger partial charge in [0.05, 0.1) is 6.42 Å². The van der Waals surface area contributed by atoms with Crippen LogP contribution >= 0.6 is 0 Å². The Morgan fingerprint density at radius 2 is 2.00 bits per heavy atom. The molecule has 0 spiro atoms. The van der Waals surface area contributed by atoms with Crippen LogP contribution in [-0.4, -0.2) is 11.6 Å². The smallest absolute Gasteiger partial charge is 0.297 e. The first-order valence-corrected chi connectivity index (χ1v) is 5.09. The van der Waals surface area contributed by atoms with Crippen molar-refractivity contribution in [2.24, 2.45) is 0 Å². The number of rotatable bonds is 5. The van der Waals surface area contributed by atoms with E-state index in [-0.39, 0.29) is 6.42 Å². The summed E-state index contributed by atoms with van der Waals surface area (Å²) in [5.41, 5.74) is 0.235. The lowest BCUT2D eigenvalue weighted by molar-refractivity contribution is -0.312. The summed E-state index contributed by atoms with van der Waals surface area (Å²) in [6.07, 6.45) is 1.77. The third-order valence-corrected chi connectivity index (χ3v) is 2.03. The van der Waals surface area contributed by atoms with E-state index >= 15 is 0 Å². The lowest BCUT2D eigenvalue weighted by Crippen LogP contribution is -2.23. The van der Waals surface area contributed by atoms with Gasteiger partial charge in [0.25, 0.3) is 0 Å². The SMILES string of the molecule is C=CC(C)(C)OOC(=O)Cc1ccccc1. The predicted octanol–water partition coefficient (Wildman–Crippen LogP) is 2.67. The molecule has 1 aromatic rings. The van der Waals surface area contributed by atoms with Gasteiger partial charge in [-0.3, -0.25) is 4.89 Å². The molecule has 16 heavy (non-hydrogen) atoms. The maximum absolute atomic E-state index is 11.4. The standard InChI is InChI=1S/C13H16O3/c1-4-13(2,3)16-15-12(14)10-11-8-6-5-7-9-11/h4-9H,1,10H2,2-3H3. The fraction of sp³-hybridized carbons (Fsp3) is 0.308. The van der Waals surface area contributed by atoms with Gasteiger partial charge in [0.1, 0.15) is 5.60 Å². The molecule has 0 amide bonds. The molecule has 1 rings (SSSR count). The number of carbonyl (C=O) groups excluding carboxylic acids is 1. The van der Waals surface area contributed by atoms with Crippen LogP contribution in [0.25, 0.3) is 0 Å². The van der Waals surface area contributed by atoms with Crippen molar-refractivity contribution >= 4 is 5.97 Å². The largest absolute Gasteiger partial charge is 0.346 e. The van der Waals surface area contributed by atoms with Gasteiger partial charge >= 0.3 is 5.97 Å². The maximum atomic E-state index is 11.4. The Bertz CT molecular complexity index is 355. The van der Waals surface area contributed by atoms with E-state index in [1.807, 2.05) is 30.3 Å². The summed E-state index contributed by atoms with van der Waals surface area (Å²) in [4.78, 5) is 21.0. The molecule has 86 valence electrons. The predicted molar refractivity (Wildman–Crippen MR) is 61.6 cm³/mol. The van der Waals surface area contributed by atoms with Gasteiger partial charge in [-0.2, -0.15) is 4.89 Å². The van der Waals surface area contributed by atoms with E-state index in [0.717, 1.165) is 5.56 Å². The minimum absolute atomic E-state index is 0.202. The van der Waals surface area contributed by atoms with Crippen LogP contribution in [-0.2, 0) is 21.0 Å². The lowest BCUT2D eigenvalue weighted by Gasteiger charge is -2.17. The van der Waals surface area contributed by atoms with E-state index in [0.29, 0.717) is 0 Å². The Morgan fingerprint density at radius 1 is 1.38 bits per heavy atom. The minimum Gasteiger partial charge on any atom is -0.297 e. The first-order valence-electron chi connectivity index (χ1n) is 5.09. The molecule has 0 fully saturated rings. The van der Waals surface area contributed by atoms with Crippen LogP contribution in [0.1, 0.15) is 19.4 Å². The van der Waals surface area contributed by atoms with E-state index in [2.05, 4.69) is 6.58 Å². The molecule has 0 heterocycles.